The van der Waals surface area contributed by atoms with E-state index in [4.69, 9.17) is 9.88 Å². The number of ether oxygens (including phenoxy) is 1. The minimum absolute atomic E-state index is 0.0679. The maximum Gasteiger partial charge on any atom is 0.159 e. The summed E-state index contributed by atoms with van der Waals surface area (Å²) in [4.78, 5) is 11.7. The monoisotopic (exact) mass is 396 g/mol. The van der Waals surface area contributed by atoms with Gasteiger partial charge in [-0.25, -0.2) is 4.39 Å². The second-order valence-electron chi connectivity index (χ2n) is 6.35. The van der Waals surface area contributed by atoms with Gasteiger partial charge in [0, 0.05) is 29.8 Å². The zero-order valence-corrected chi connectivity index (χ0v) is 16.5. The van der Waals surface area contributed by atoms with E-state index in [0.717, 1.165) is 23.4 Å². The molecule has 0 saturated heterocycles. The van der Waals surface area contributed by atoms with Crippen LogP contribution in [0.25, 0.3) is 11.1 Å². The highest BCUT2D eigenvalue weighted by Crippen LogP contribution is 2.35. The first-order chi connectivity index (χ1) is 13.5. The summed E-state index contributed by atoms with van der Waals surface area (Å²) in [7, 11) is 1.51. The van der Waals surface area contributed by atoms with Gasteiger partial charge in [-0.05, 0) is 47.9 Å². The summed E-state index contributed by atoms with van der Waals surface area (Å²) < 4.78 is 23.8. The van der Waals surface area contributed by atoms with Gasteiger partial charge in [-0.2, -0.15) is 0 Å². The lowest BCUT2D eigenvalue weighted by Crippen LogP contribution is -2.00. The molecular formula is C22H21FN2O2S. The van der Waals surface area contributed by atoms with Gasteiger partial charge in [0.15, 0.2) is 5.78 Å². The van der Waals surface area contributed by atoms with Gasteiger partial charge in [-0.15, -0.1) is 0 Å². The average molecular weight is 396 g/mol. The summed E-state index contributed by atoms with van der Waals surface area (Å²) in [5.74, 6) is 0.0166. The van der Waals surface area contributed by atoms with Gasteiger partial charge in [0.1, 0.15) is 11.6 Å². The topological polar surface area (TPSA) is 64.3 Å². The van der Waals surface area contributed by atoms with Crippen molar-refractivity contribution in [2.75, 3.05) is 11.8 Å². The first kappa shape index (κ1) is 19.9. The van der Waals surface area contributed by atoms with Crippen molar-refractivity contribution in [1.82, 2.24) is 0 Å². The van der Waals surface area contributed by atoms with Crippen LogP contribution in [-0.2, 0) is 6.42 Å². The molecule has 0 amide bonds. The number of carbonyl (C=O) groups is 1. The van der Waals surface area contributed by atoms with Crippen LogP contribution in [0.4, 0.5) is 10.1 Å². The SMILES string of the molecule is COc1ccc(Cc2ccc(NSN)cc2)c(F)c1-c1cccc(C(C)=O)c1. The van der Waals surface area contributed by atoms with Crippen LogP contribution in [0.3, 0.4) is 0 Å². The van der Waals surface area contributed by atoms with Crippen molar-refractivity contribution in [1.29, 1.82) is 0 Å². The maximum absolute atomic E-state index is 15.4. The summed E-state index contributed by atoms with van der Waals surface area (Å²) in [5.41, 5.74) is 3.92. The second-order valence-corrected chi connectivity index (χ2v) is 6.79. The molecule has 0 aromatic heterocycles. The largest absolute Gasteiger partial charge is 0.496 e. The molecule has 0 radical (unpaired) electrons. The fourth-order valence-electron chi connectivity index (χ4n) is 3.05. The number of rotatable bonds is 7. The molecule has 0 bridgehead atoms. The highest BCUT2D eigenvalue weighted by Gasteiger charge is 2.17. The van der Waals surface area contributed by atoms with E-state index in [-0.39, 0.29) is 11.6 Å². The average Bonchev–Trinajstić information content (AvgIpc) is 2.71. The Labute approximate surface area is 168 Å². The minimum atomic E-state index is -0.347. The number of carbonyl (C=O) groups excluding carboxylic acids is 1. The summed E-state index contributed by atoms with van der Waals surface area (Å²) in [5, 5.41) is 5.39. The van der Waals surface area contributed by atoms with E-state index in [1.807, 2.05) is 24.3 Å². The third-order valence-corrected chi connectivity index (χ3v) is 4.84. The van der Waals surface area contributed by atoms with E-state index in [2.05, 4.69) is 4.72 Å². The van der Waals surface area contributed by atoms with Crippen molar-refractivity contribution in [3.63, 3.8) is 0 Å². The quantitative estimate of drug-likeness (QED) is 0.423. The Morgan fingerprint density at radius 3 is 2.54 bits per heavy atom. The van der Waals surface area contributed by atoms with E-state index in [9.17, 15) is 4.79 Å². The molecule has 0 aliphatic rings. The number of hydrogen-bond donors (Lipinski definition) is 2. The van der Waals surface area contributed by atoms with Crippen LogP contribution in [0.5, 0.6) is 5.75 Å². The van der Waals surface area contributed by atoms with Crippen molar-refractivity contribution < 1.29 is 13.9 Å². The number of methoxy groups -OCH3 is 1. The number of hydrogen-bond acceptors (Lipinski definition) is 5. The fourth-order valence-corrected chi connectivity index (χ4v) is 3.32. The van der Waals surface area contributed by atoms with Crippen molar-refractivity contribution in [3.8, 4) is 16.9 Å². The Morgan fingerprint density at radius 1 is 1.14 bits per heavy atom. The lowest BCUT2D eigenvalue weighted by Gasteiger charge is -2.14. The van der Waals surface area contributed by atoms with Crippen LogP contribution in [0, 0.1) is 5.82 Å². The highest BCUT2D eigenvalue weighted by molar-refractivity contribution is 7.98. The first-order valence-electron chi connectivity index (χ1n) is 8.71. The molecule has 0 saturated carbocycles. The smallest absolute Gasteiger partial charge is 0.159 e. The zero-order valence-electron chi connectivity index (χ0n) is 15.7. The third kappa shape index (κ3) is 4.35. The summed E-state index contributed by atoms with van der Waals surface area (Å²) in [6, 6.07) is 18.1. The van der Waals surface area contributed by atoms with Gasteiger partial charge in [0.05, 0.1) is 12.7 Å². The van der Waals surface area contributed by atoms with Crippen molar-refractivity contribution >= 4 is 23.6 Å². The van der Waals surface area contributed by atoms with Crippen molar-refractivity contribution in [2.24, 2.45) is 5.14 Å². The molecule has 3 aromatic rings. The molecule has 6 heteroatoms. The molecule has 0 aliphatic carbocycles. The van der Waals surface area contributed by atoms with Gasteiger partial charge < -0.3 is 9.46 Å². The van der Waals surface area contributed by atoms with Gasteiger partial charge in [0.2, 0.25) is 0 Å². The van der Waals surface area contributed by atoms with Crippen molar-refractivity contribution in [2.45, 2.75) is 13.3 Å². The van der Waals surface area contributed by atoms with Crippen molar-refractivity contribution in [3.05, 3.63) is 83.2 Å². The molecule has 28 heavy (non-hydrogen) atoms. The normalized spacial score (nSPS) is 10.6. The van der Waals surface area contributed by atoms with E-state index in [0.29, 0.717) is 34.4 Å². The predicted octanol–water partition coefficient (Wildman–Crippen LogP) is 5.23. The number of nitrogens with two attached hydrogens (primary N) is 1. The van der Waals surface area contributed by atoms with Gasteiger partial charge in [-0.1, -0.05) is 36.4 Å². The molecule has 0 heterocycles. The summed E-state index contributed by atoms with van der Waals surface area (Å²) in [6.45, 7) is 1.49. The summed E-state index contributed by atoms with van der Waals surface area (Å²) >= 11 is 1.03. The predicted molar refractivity (Wildman–Crippen MR) is 113 cm³/mol. The van der Waals surface area contributed by atoms with E-state index >= 15 is 4.39 Å². The molecule has 3 aromatic carbocycles. The number of nitrogens with one attached hydrogen (secondary N) is 1. The fraction of sp³-hybridized carbons (Fsp3) is 0.136. The minimum Gasteiger partial charge on any atom is -0.496 e. The Bertz CT molecular complexity index is 990. The molecule has 0 aliphatic heterocycles. The third-order valence-electron chi connectivity index (χ3n) is 4.49. The van der Waals surface area contributed by atoms with E-state index < -0.39 is 0 Å². The van der Waals surface area contributed by atoms with Crippen LogP contribution in [0.15, 0.2) is 60.7 Å². The maximum atomic E-state index is 15.4. The lowest BCUT2D eigenvalue weighted by molar-refractivity contribution is 0.101. The summed E-state index contributed by atoms with van der Waals surface area (Å²) in [6.07, 6.45) is 0.436. The Morgan fingerprint density at radius 2 is 1.89 bits per heavy atom. The van der Waals surface area contributed by atoms with Crippen LogP contribution >= 0.6 is 12.1 Å². The number of anilines is 1. The highest BCUT2D eigenvalue weighted by atomic mass is 32.2. The molecule has 0 fully saturated rings. The molecule has 0 unspecified atom stereocenters. The van der Waals surface area contributed by atoms with Crippen LogP contribution in [0.2, 0.25) is 0 Å². The molecule has 4 nitrogen and oxygen atoms in total. The zero-order chi connectivity index (χ0) is 20.1. The van der Waals surface area contributed by atoms with Gasteiger partial charge in [-0.3, -0.25) is 9.93 Å². The molecule has 144 valence electrons. The standard InChI is InChI=1S/C22H21FN2O2S/c1-14(26)16-4-3-5-17(13-16)21-20(27-2)11-8-18(22(21)23)12-15-6-9-19(10-7-15)25-28-24/h3-11,13,25H,12,24H2,1-2H3. The van der Waals surface area contributed by atoms with E-state index in [1.165, 1.54) is 14.0 Å². The molecule has 3 rings (SSSR count). The first-order valence-corrected chi connectivity index (χ1v) is 9.59. The van der Waals surface area contributed by atoms with Gasteiger partial charge >= 0.3 is 0 Å². The molecule has 0 spiro atoms. The Balaban J connectivity index is 1.99. The number of ketones is 1. The molecule has 0 atom stereocenters. The molecular weight excluding hydrogens is 375 g/mol. The van der Waals surface area contributed by atoms with Gasteiger partial charge in [0.25, 0.3) is 0 Å². The second kappa shape index (κ2) is 8.91. The Hall–Kier alpha value is -2.83. The number of Topliss-reactive ketones (excluding diaryl/α,β-unsaturated/α-hetero) is 1. The number of benzene rings is 3. The lowest BCUT2D eigenvalue weighted by atomic mass is 9.95. The Kier molecular flexibility index (Phi) is 6.34. The van der Waals surface area contributed by atoms with Crippen LogP contribution in [0.1, 0.15) is 28.4 Å². The van der Waals surface area contributed by atoms with E-state index in [1.54, 1.807) is 36.4 Å². The number of halogens is 1. The van der Waals surface area contributed by atoms with Crippen LogP contribution < -0.4 is 14.6 Å². The van der Waals surface area contributed by atoms with Crippen LogP contribution in [-0.4, -0.2) is 12.9 Å². The molecule has 3 N–H and O–H groups in total.